The number of rotatable bonds is 6. The summed E-state index contributed by atoms with van der Waals surface area (Å²) in [6.45, 7) is 1.85. The quantitative estimate of drug-likeness (QED) is 0.733. The fraction of sp³-hybridized carbons (Fsp3) is 0.579. The van der Waals surface area contributed by atoms with Gasteiger partial charge in [-0.15, -0.1) is 0 Å². The van der Waals surface area contributed by atoms with Crippen molar-refractivity contribution in [1.29, 1.82) is 0 Å². The molecule has 0 saturated carbocycles. The largest absolute Gasteiger partial charge is 0.368 e. The van der Waals surface area contributed by atoms with E-state index in [1.165, 1.54) is 12.1 Å². The van der Waals surface area contributed by atoms with Crippen LogP contribution in [0, 0.1) is 0 Å². The van der Waals surface area contributed by atoms with E-state index in [0.29, 0.717) is 31.7 Å². The van der Waals surface area contributed by atoms with Gasteiger partial charge in [0.05, 0.1) is 17.5 Å². The molecule has 2 amide bonds. The molecule has 1 atom stereocenters. The van der Waals surface area contributed by atoms with Crippen molar-refractivity contribution in [3.63, 3.8) is 0 Å². The van der Waals surface area contributed by atoms with E-state index in [4.69, 9.17) is 5.73 Å². The third kappa shape index (κ3) is 4.89. The number of nitrogens with one attached hydrogen (secondary N) is 1. The van der Waals surface area contributed by atoms with Crippen LogP contribution in [0.1, 0.15) is 38.5 Å². The van der Waals surface area contributed by atoms with Crippen LogP contribution in [-0.4, -0.2) is 61.7 Å². The van der Waals surface area contributed by atoms with Gasteiger partial charge >= 0.3 is 0 Å². The van der Waals surface area contributed by atoms with Gasteiger partial charge in [0, 0.05) is 18.8 Å². The molecule has 154 valence electrons. The Kier molecular flexibility index (Phi) is 6.69. The van der Waals surface area contributed by atoms with Crippen molar-refractivity contribution in [3.05, 3.63) is 24.3 Å². The predicted molar refractivity (Wildman–Crippen MR) is 106 cm³/mol. The number of sulfonamides is 1. The van der Waals surface area contributed by atoms with E-state index in [1.807, 2.05) is 0 Å². The average Bonchev–Trinajstić information content (AvgIpc) is 2.93. The van der Waals surface area contributed by atoms with Gasteiger partial charge in [-0.3, -0.25) is 14.5 Å². The number of carbonyl (C=O) groups is 2. The first-order chi connectivity index (χ1) is 13.4. The number of hydrogen-bond acceptors (Lipinski definition) is 5. The standard InChI is InChI=1S/C19H28N4O4S/c20-19(25)17-6-5-11-22(17)14-18(24)21-15-7-9-16(10-8-15)28(26,27)23-12-3-1-2-4-13-23/h7-10,17H,1-6,11-14H2,(H2,20,25)(H,21,24)/t17-/m1/s1. The van der Waals surface area contributed by atoms with Crippen LogP contribution in [0.4, 0.5) is 5.69 Å². The van der Waals surface area contributed by atoms with Crippen LogP contribution in [0.25, 0.3) is 0 Å². The van der Waals surface area contributed by atoms with Gasteiger partial charge in [-0.1, -0.05) is 12.8 Å². The Bertz CT molecular complexity index is 802. The van der Waals surface area contributed by atoms with Crippen LogP contribution in [0.15, 0.2) is 29.2 Å². The highest BCUT2D eigenvalue weighted by Gasteiger charge is 2.30. The summed E-state index contributed by atoms with van der Waals surface area (Å²) in [5.41, 5.74) is 5.89. The average molecular weight is 409 g/mol. The van der Waals surface area contributed by atoms with Crippen molar-refractivity contribution in [2.45, 2.75) is 49.5 Å². The first kappa shape index (κ1) is 20.8. The molecule has 0 spiro atoms. The van der Waals surface area contributed by atoms with E-state index in [1.54, 1.807) is 21.3 Å². The fourth-order valence-corrected chi connectivity index (χ4v) is 5.38. The summed E-state index contributed by atoms with van der Waals surface area (Å²) in [6, 6.07) is 5.85. The Morgan fingerprint density at radius 2 is 1.64 bits per heavy atom. The number of hydrogen-bond donors (Lipinski definition) is 2. The van der Waals surface area contributed by atoms with E-state index >= 15 is 0 Å². The third-order valence-electron chi connectivity index (χ3n) is 5.38. The van der Waals surface area contributed by atoms with E-state index in [-0.39, 0.29) is 17.3 Å². The number of carbonyl (C=O) groups excluding carboxylic acids is 2. The molecular weight excluding hydrogens is 380 g/mol. The normalized spacial score (nSPS) is 21.9. The summed E-state index contributed by atoms with van der Waals surface area (Å²) in [5.74, 6) is -0.662. The van der Waals surface area contributed by atoms with Gasteiger partial charge in [0.1, 0.15) is 0 Å². The van der Waals surface area contributed by atoms with Crippen molar-refractivity contribution in [2.75, 3.05) is 31.5 Å². The molecule has 0 bridgehead atoms. The van der Waals surface area contributed by atoms with Crippen molar-refractivity contribution < 1.29 is 18.0 Å². The lowest BCUT2D eigenvalue weighted by molar-refractivity contribution is -0.123. The number of nitrogens with zero attached hydrogens (tertiary/aromatic N) is 2. The van der Waals surface area contributed by atoms with E-state index in [9.17, 15) is 18.0 Å². The first-order valence-electron chi connectivity index (χ1n) is 9.81. The third-order valence-corrected chi connectivity index (χ3v) is 7.29. The molecule has 2 saturated heterocycles. The lowest BCUT2D eigenvalue weighted by Gasteiger charge is -2.21. The van der Waals surface area contributed by atoms with Crippen molar-refractivity contribution >= 4 is 27.5 Å². The molecule has 0 aliphatic carbocycles. The highest BCUT2D eigenvalue weighted by molar-refractivity contribution is 7.89. The molecule has 3 N–H and O–H groups in total. The summed E-state index contributed by atoms with van der Waals surface area (Å²) in [5, 5.41) is 2.76. The summed E-state index contributed by atoms with van der Waals surface area (Å²) < 4.78 is 27.1. The molecule has 28 heavy (non-hydrogen) atoms. The minimum atomic E-state index is -3.51. The Hall–Kier alpha value is -1.97. The fourth-order valence-electron chi connectivity index (χ4n) is 3.86. The Morgan fingerprint density at radius 3 is 2.25 bits per heavy atom. The molecule has 0 aromatic heterocycles. The number of likely N-dealkylation sites (tertiary alicyclic amines) is 1. The molecule has 0 unspecified atom stereocenters. The van der Waals surface area contributed by atoms with Gasteiger partial charge in [0.25, 0.3) is 0 Å². The van der Waals surface area contributed by atoms with Crippen LogP contribution in [-0.2, 0) is 19.6 Å². The topological polar surface area (TPSA) is 113 Å². The molecule has 1 aromatic rings. The zero-order chi connectivity index (χ0) is 20.1. The zero-order valence-electron chi connectivity index (χ0n) is 16.0. The smallest absolute Gasteiger partial charge is 0.243 e. The van der Waals surface area contributed by atoms with Crippen LogP contribution in [0.5, 0.6) is 0 Å². The lowest BCUT2D eigenvalue weighted by Crippen LogP contribution is -2.43. The Labute approximate surface area is 166 Å². The molecule has 9 heteroatoms. The van der Waals surface area contributed by atoms with Crippen LogP contribution in [0.3, 0.4) is 0 Å². The van der Waals surface area contributed by atoms with Gasteiger partial charge in [-0.2, -0.15) is 4.31 Å². The number of primary amides is 1. The van der Waals surface area contributed by atoms with Gasteiger partial charge in [0.15, 0.2) is 0 Å². The van der Waals surface area contributed by atoms with Crippen LogP contribution in [0.2, 0.25) is 0 Å². The summed E-state index contributed by atoms with van der Waals surface area (Å²) in [6.07, 6.45) is 5.40. The maximum atomic E-state index is 12.8. The molecule has 2 aliphatic rings. The second-order valence-electron chi connectivity index (χ2n) is 7.42. The molecule has 2 fully saturated rings. The minimum absolute atomic E-state index is 0.0848. The van der Waals surface area contributed by atoms with E-state index in [2.05, 4.69) is 5.32 Å². The maximum Gasteiger partial charge on any atom is 0.243 e. The first-order valence-corrected chi connectivity index (χ1v) is 11.3. The summed E-state index contributed by atoms with van der Waals surface area (Å²) in [7, 11) is -3.51. The molecule has 0 radical (unpaired) electrons. The van der Waals surface area contributed by atoms with E-state index in [0.717, 1.165) is 32.1 Å². The maximum absolute atomic E-state index is 12.8. The highest BCUT2D eigenvalue weighted by Crippen LogP contribution is 2.22. The minimum Gasteiger partial charge on any atom is -0.368 e. The zero-order valence-corrected chi connectivity index (χ0v) is 16.8. The number of amides is 2. The molecule has 2 aliphatic heterocycles. The molecule has 3 rings (SSSR count). The molecular formula is C19H28N4O4S. The Balaban J connectivity index is 1.61. The molecule has 1 aromatic carbocycles. The van der Waals surface area contributed by atoms with Gasteiger partial charge in [-0.25, -0.2) is 8.42 Å². The Morgan fingerprint density at radius 1 is 1.00 bits per heavy atom. The number of benzene rings is 1. The highest BCUT2D eigenvalue weighted by atomic mass is 32.2. The van der Waals surface area contributed by atoms with Crippen molar-refractivity contribution in [2.24, 2.45) is 5.73 Å². The monoisotopic (exact) mass is 408 g/mol. The van der Waals surface area contributed by atoms with Crippen LogP contribution < -0.4 is 11.1 Å². The van der Waals surface area contributed by atoms with Crippen molar-refractivity contribution in [3.8, 4) is 0 Å². The second-order valence-corrected chi connectivity index (χ2v) is 9.36. The number of anilines is 1. The van der Waals surface area contributed by atoms with Crippen LogP contribution >= 0.6 is 0 Å². The number of nitrogens with two attached hydrogens (primary N) is 1. The summed E-state index contributed by atoms with van der Waals surface area (Å²) in [4.78, 5) is 25.7. The second kappa shape index (κ2) is 9.02. The van der Waals surface area contributed by atoms with Crippen molar-refractivity contribution in [1.82, 2.24) is 9.21 Å². The van der Waals surface area contributed by atoms with Gasteiger partial charge in [0.2, 0.25) is 21.8 Å². The van der Waals surface area contributed by atoms with Gasteiger partial charge in [-0.05, 0) is 56.5 Å². The summed E-state index contributed by atoms with van der Waals surface area (Å²) >= 11 is 0. The predicted octanol–water partition coefficient (Wildman–Crippen LogP) is 1.14. The lowest BCUT2D eigenvalue weighted by atomic mass is 10.2. The SMILES string of the molecule is NC(=O)[C@H]1CCCN1CC(=O)Nc1ccc(S(=O)(=O)N2CCCCCC2)cc1. The molecule has 8 nitrogen and oxygen atoms in total. The van der Waals surface area contributed by atoms with Gasteiger partial charge < -0.3 is 11.1 Å². The van der Waals surface area contributed by atoms with E-state index < -0.39 is 22.0 Å². The molecule has 2 heterocycles.